The Morgan fingerprint density at radius 2 is 1.30 bits per heavy atom. The van der Waals surface area contributed by atoms with E-state index in [0.717, 1.165) is 12.2 Å². The van der Waals surface area contributed by atoms with Gasteiger partial charge in [-0.1, -0.05) is 90.2 Å². The molecular formula is C22H37O. The van der Waals surface area contributed by atoms with Crippen molar-refractivity contribution in [2.24, 2.45) is 0 Å². The number of benzene rings is 1. The molecule has 0 aliphatic heterocycles. The van der Waals surface area contributed by atoms with Crippen LogP contribution in [-0.4, -0.2) is 6.10 Å². The van der Waals surface area contributed by atoms with Gasteiger partial charge in [0.15, 0.2) is 0 Å². The number of unbranched alkanes of at least 4 members (excludes halogenated alkanes) is 9. The third kappa shape index (κ3) is 11.2. The van der Waals surface area contributed by atoms with Crippen LogP contribution in [0.3, 0.4) is 0 Å². The second-order valence-corrected chi connectivity index (χ2v) is 6.73. The SMILES string of the molecule is CCCCCCCCCCCCC(CCC)Oc1cc[c]cc1. The van der Waals surface area contributed by atoms with Gasteiger partial charge >= 0.3 is 0 Å². The maximum Gasteiger partial charge on any atom is 0.119 e. The van der Waals surface area contributed by atoms with Gasteiger partial charge in [-0.25, -0.2) is 0 Å². The molecule has 1 aromatic rings. The molecule has 0 fully saturated rings. The van der Waals surface area contributed by atoms with E-state index in [1.165, 1.54) is 77.0 Å². The lowest BCUT2D eigenvalue weighted by Gasteiger charge is -2.18. The third-order valence-electron chi connectivity index (χ3n) is 4.48. The zero-order valence-corrected chi connectivity index (χ0v) is 15.5. The van der Waals surface area contributed by atoms with Crippen LogP contribution in [0.4, 0.5) is 0 Å². The zero-order valence-electron chi connectivity index (χ0n) is 15.5. The van der Waals surface area contributed by atoms with Crippen molar-refractivity contribution >= 4 is 0 Å². The molecule has 0 aromatic heterocycles. The Morgan fingerprint density at radius 1 is 0.739 bits per heavy atom. The van der Waals surface area contributed by atoms with Crippen LogP contribution < -0.4 is 4.74 Å². The summed E-state index contributed by atoms with van der Waals surface area (Å²) in [6, 6.07) is 10.9. The largest absolute Gasteiger partial charge is 0.490 e. The topological polar surface area (TPSA) is 9.23 Å². The van der Waals surface area contributed by atoms with Gasteiger partial charge in [-0.3, -0.25) is 0 Å². The van der Waals surface area contributed by atoms with Gasteiger partial charge in [0, 0.05) is 0 Å². The summed E-state index contributed by atoms with van der Waals surface area (Å²) in [6.45, 7) is 4.53. The molecule has 23 heavy (non-hydrogen) atoms. The highest BCUT2D eigenvalue weighted by Crippen LogP contribution is 2.18. The fraction of sp³-hybridized carbons (Fsp3) is 0.727. The van der Waals surface area contributed by atoms with Crippen molar-refractivity contribution < 1.29 is 4.74 Å². The third-order valence-corrected chi connectivity index (χ3v) is 4.48. The summed E-state index contributed by atoms with van der Waals surface area (Å²) in [4.78, 5) is 0. The molecule has 0 N–H and O–H groups in total. The minimum absolute atomic E-state index is 0.386. The first-order chi connectivity index (χ1) is 11.4. The van der Waals surface area contributed by atoms with E-state index in [4.69, 9.17) is 4.74 Å². The summed E-state index contributed by atoms with van der Waals surface area (Å²) in [6.07, 6.45) is 17.9. The molecule has 0 saturated carbocycles. The number of hydrogen-bond acceptors (Lipinski definition) is 1. The summed E-state index contributed by atoms with van der Waals surface area (Å²) in [5.74, 6) is 0.995. The molecule has 1 heteroatoms. The molecule has 1 nitrogen and oxygen atoms in total. The van der Waals surface area contributed by atoms with Gasteiger partial charge in [-0.05, 0) is 37.5 Å². The molecule has 0 bridgehead atoms. The smallest absolute Gasteiger partial charge is 0.119 e. The van der Waals surface area contributed by atoms with Crippen molar-refractivity contribution in [1.82, 2.24) is 0 Å². The lowest BCUT2D eigenvalue weighted by atomic mass is 10.0. The van der Waals surface area contributed by atoms with E-state index in [2.05, 4.69) is 19.9 Å². The minimum atomic E-state index is 0.386. The maximum atomic E-state index is 6.12. The van der Waals surface area contributed by atoms with E-state index >= 15 is 0 Å². The fourth-order valence-electron chi connectivity index (χ4n) is 3.09. The molecule has 1 unspecified atom stereocenters. The monoisotopic (exact) mass is 317 g/mol. The molecule has 0 spiro atoms. The first-order valence-corrected chi connectivity index (χ1v) is 9.99. The standard InChI is InChI=1S/C22H37O/c1-3-5-6-7-8-9-10-11-12-14-18-21(17-4-2)23-22-19-15-13-16-20-22/h15-16,19-21H,3-12,14,17-18H2,1-2H3. The zero-order chi connectivity index (χ0) is 16.6. The van der Waals surface area contributed by atoms with Crippen molar-refractivity contribution in [1.29, 1.82) is 0 Å². The molecule has 0 saturated heterocycles. The Morgan fingerprint density at radius 3 is 1.87 bits per heavy atom. The lowest BCUT2D eigenvalue weighted by Crippen LogP contribution is -2.16. The van der Waals surface area contributed by atoms with Crippen LogP contribution in [0.25, 0.3) is 0 Å². The maximum absolute atomic E-state index is 6.12. The number of hydrogen-bond donors (Lipinski definition) is 0. The minimum Gasteiger partial charge on any atom is -0.490 e. The van der Waals surface area contributed by atoms with Crippen LogP contribution in [0.1, 0.15) is 97.3 Å². The molecule has 1 rings (SSSR count). The quantitative estimate of drug-likeness (QED) is 0.307. The predicted octanol–water partition coefficient (Wildman–Crippen LogP) is 7.35. The Hall–Kier alpha value is -0.980. The van der Waals surface area contributed by atoms with Gasteiger partial charge in [0.05, 0.1) is 6.10 Å². The van der Waals surface area contributed by atoms with Crippen LogP contribution in [-0.2, 0) is 0 Å². The second-order valence-electron chi connectivity index (χ2n) is 6.73. The van der Waals surface area contributed by atoms with Gasteiger partial charge in [0.25, 0.3) is 0 Å². The van der Waals surface area contributed by atoms with Crippen LogP contribution >= 0.6 is 0 Å². The highest BCUT2D eigenvalue weighted by Gasteiger charge is 2.09. The summed E-state index contributed by atoms with van der Waals surface area (Å²) in [5, 5.41) is 0. The average molecular weight is 318 g/mol. The first kappa shape index (κ1) is 20.1. The average Bonchev–Trinajstić information content (AvgIpc) is 2.57. The fourth-order valence-corrected chi connectivity index (χ4v) is 3.09. The molecule has 1 aromatic carbocycles. The Bertz CT molecular complexity index is 346. The predicted molar refractivity (Wildman–Crippen MR) is 101 cm³/mol. The highest BCUT2D eigenvalue weighted by molar-refractivity contribution is 5.20. The van der Waals surface area contributed by atoms with Crippen molar-refractivity contribution in [3.8, 4) is 5.75 Å². The molecule has 0 aliphatic rings. The lowest BCUT2D eigenvalue weighted by molar-refractivity contribution is 0.175. The van der Waals surface area contributed by atoms with Crippen molar-refractivity contribution in [3.05, 3.63) is 30.3 Å². The Kier molecular flexibility index (Phi) is 12.7. The van der Waals surface area contributed by atoms with Crippen molar-refractivity contribution in [3.63, 3.8) is 0 Å². The van der Waals surface area contributed by atoms with Gasteiger partial charge < -0.3 is 4.74 Å². The van der Waals surface area contributed by atoms with E-state index < -0.39 is 0 Å². The van der Waals surface area contributed by atoms with E-state index in [0.29, 0.717) is 6.10 Å². The molecule has 1 atom stereocenters. The molecular weight excluding hydrogens is 280 g/mol. The molecule has 0 aliphatic carbocycles. The van der Waals surface area contributed by atoms with E-state index in [1.54, 1.807) is 0 Å². The molecule has 0 heterocycles. The van der Waals surface area contributed by atoms with Crippen LogP contribution in [0.2, 0.25) is 0 Å². The van der Waals surface area contributed by atoms with Crippen LogP contribution in [0.5, 0.6) is 5.75 Å². The Balaban J connectivity index is 2.02. The van der Waals surface area contributed by atoms with E-state index in [9.17, 15) is 0 Å². The van der Waals surface area contributed by atoms with E-state index in [1.807, 2.05) is 24.3 Å². The van der Waals surface area contributed by atoms with Crippen LogP contribution in [0.15, 0.2) is 24.3 Å². The van der Waals surface area contributed by atoms with Gasteiger partial charge in [0.2, 0.25) is 0 Å². The van der Waals surface area contributed by atoms with E-state index in [-0.39, 0.29) is 0 Å². The van der Waals surface area contributed by atoms with Gasteiger partial charge in [-0.2, -0.15) is 0 Å². The van der Waals surface area contributed by atoms with Gasteiger partial charge in [-0.15, -0.1) is 0 Å². The second kappa shape index (κ2) is 14.6. The number of ether oxygens (including phenoxy) is 1. The molecule has 131 valence electrons. The van der Waals surface area contributed by atoms with Crippen LogP contribution in [0, 0.1) is 6.07 Å². The first-order valence-electron chi connectivity index (χ1n) is 9.99. The van der Waals surface area contributed by atoms with Crippen molar-refractivity contribution in [2.45, 2.75) is 103 Å². The van der Waals surface area contributed by atoms with Crippen molar-refractivity contribution in [2.75, 3.05) is 0 Å². The molecule has 1 radical (unpaired) electrons. The highest BCUT2D eigenvalue weighted by atomic mass is 16.5. The number of rotatable bonds is 15. The summed E-state index contributed by atoms with van der Waals surface area (Å²) >= 11 is 0. The van der Waals surface area contributed by atoms with Gasteiger partial charge in [0.1, 0.15) is 5.75 Å². The summed E-state index contributed by atoms with van der Waals surface area (Å²) in [7, 11) is 0. The normalized spacial score (nSPS) is 12.3. The Labute approximate surface area is 144 Å². The summed E-state index contributed by atoms with van der Waals surface area (Å²) < 4.78 is 6.12. The summed E-state index contributed by atoms with van der Waals surface area (Å²) in [5.41, 5.74) is 0. The molecule has 0 amide bonds.